The van der Waals surface area contributed by atoms with Gasteiger partial charge in [0.1, 0.15) is 6.04 Å². The molecule has 2 unspecified atom stereocenters. The number of nitrogens with two attached hydrogens (primary N) is 1. The number of aliphatic imine (C=N–C) groups is 1. The summed E-state index contributed by atoms with van der Waals surface area (Å²) in [5, 5.41) is 12.0. The molecule has 0 saturated heterocycles. The minimum absolute atomic E-state index is 0.124. The number of alkyl halides is 3. The third kappa shape index (κ3) is 4.23. The molecule has 3 rings (SSSR count). The Bertz CT molecular complexity index is 879. The molecule has 0 amide bonds. The van der Waals surface area contributed by atoms with Crippen LogP contribution in [0.5, 0.6) is 0 Å². The average Bonchev–Trinajstić information content (AvgIpc) is 2.73. The molecule has 0 radical (unpaired) electrons. The molecule has 32 heavy (non-hydrogen) atoms. The Hall–Kier alpha value is -2.53. The lowest BCUT2D eigenvalue weighted by Gasteiger charge is -2.44. The number of likely N-dealkylation sites (N-methyl/N-ethyl adjacent to an activating group) is 1. The minimum Gasteiger partial charge on any atom is -0.384 e. The number of halogens is 3. The van der Waals surface area contributed by atoms with Crippen LogP contribution in [0.25, 0.3) is 5.70 Å². The Morgan fingerprint density at radius 3 is 2.56 bits per heavy atom. The largest absolute Gasteiger partial charge is 0.470 e. The first kappa shape index (κ1) is 24.1. The van der Waals surface area contributed by atoms with Gasteiger partial charge in [-0.25, -0.2) is 4.99 Å². The lowest BCUT2D eigenvalue weighted by Crippen LogP contribution is -2.72. The molecule has 2 aliphatic rings. The van der Waals surface area contributed by atoms with E-state index in [0.717, 1.165) is 32.1 Å². The van der Waals surface area contributed by atoms with Crippen LogP contribution in [-0.4, -0.2) is 65.7 Å². The molecule has 0 aromatic carbocycles. The van der Waals surface area contributed by atoms with Gasteiger partial charge in [-0.05, 0) is 38.1 Å². The molecule has 1 fully saturated rings. The van der Waals surface area contributed by atoms with Crippen LogP contribution in [0.2, 0.25) is 0 Å². The van der Waals surface area contributed by atoms with E-state index in [1.807, 2.05) is 0 Å². The zero-order chi connectivity index (χ0) is 23.6. The summed E-state index contributed by atoms with van der Waals surface area (Å²) >= 11 is 0. The third-order valence-corrected chi connectivity index (χ3v) is 6.48. The summed E-state index contributed by atoms with van der Waals surface area (Å²) in [5.74, 6) is -1.09. The number of nitrogens with zero attached hydrogens (tertiary/aromatic N) is 4. The second-order valence-electron chi connectivity index (χ2n) is 8.67. The summed E-state index contributed by atoms with van der Waals surface area (Å²) in [5.41, 5.74) is 2.36. The average molecular weight is 455 g/mol. The van der Waals surface area contributed by atoms with E-state index in [1.54, 1.807) is 19.2 Å². The van der Waals surface area contributed by atoms with Gasteiger partial charge in [-0.2, -0.15) is 13.2 Å². The SMILES string of the molecule is COCC1(CN(C)C2C=C(c3cccnc3)N=C(N)C2([N+](=O)[O-])C(F)(F)F)CCCCC1. The summed E-state index contributed by atoms with van der Waals surface area (Å²) in [6, 6.07) is 1.53. The maximum absolute atomic E-state index is 14.4. The third-order valence-electron chi connectivity index (χ3n) is 6.48. The second kappa shape index (κ2) is 9.14. The highest BCUT2D eigenvalue weighted by Crippen LogP contribution is 2.44. The van der Waals surface area contributed by atoms with E-state index in [0.29, 0.717) is 12.2 Å². The van der Waals surface area contributed by atoms with Crippen molar-refractivity contribution in [1.29, 1.82) is 0 Å². The van der Waals surface area contributed by atoms with Gasteiger partial charge in [0.15, 0.2) is 5.84 Å². The van der Waals surface area contributed by atoms with E-state index in [4.69, 9.17) is 10.5 Å². The van der Waals surface area contributed by atoms with Crippen LogP contribution in [-0.2, 0) is 4.74 Å². The zero-order valence-corrected chi connectivity index (χ0v) is 18.1. The molecule has 1 aliphatic heterocycles. The lowest BCUT2D eigenvalue weighted by atomic mass is 9.73. The smallest absolute Gasteiger partial charge is 0.384 e. The summed E-state index contributed by atoms with van der Waals surface area (Å²) in [7, 11) is 3.02. The fraction of sp³-hybridized carbons (Fsp3) is 0.619. The van der Waals surface area contributed by atoms with Crippen LogP contribution in [0.3, 0.4) is 0 Å². The van der Waals surface area contributed by atoms with Crippen molar-refractivity contribution in [3.05, 3.63) is 46.3 Å². The fourth-order valence-electron chi connectivity index (χ4n) is 5.00. The van der Waals surface area contributed by atoms with E-state index in [9.17, 15) is 23.3 Å². The monoisotopic (exact) mass is 455 g/mol. The van der Waals surface area contributed by atoms with Gasteiger partial charge < -0.3 is 10.5 Å². The van der Waals surface area contributed by atoms with E-state index >= 15 is 0 Å². The van der Waals surface area contributed by atoms with Crippen molar-refractivity contribution in [2.75, 3.05) is 27.3 Å². The van der Waals surface area contributed by atoms with Crippen molar-refractivity contribution >= 4 is 11.5 Å². The molecule has 0 bridgehead atoms. The molecule has 11 heteroatoms. The maximum atomic E-state index is 14.4. The Morgan fingerprint density at radius 1 is 1.34 bits per heavy atom. The van der Waals surface area contributed by atoms with Gasteiger partial charge in [0.05, 0.1) is 12.3 Å². The quantitative estimate of drug-likeness (QED) is 0.500. The van der Waals surface area contributed by atoms with Crippen LogP contribution < -0.4 is 5.73 Å². The van der Waals surface area contributed by atoms with Crippen molar-refractivity contribution in [1.82, 2.24) is 9.88 Å². The molecule has 0 spiro atoms. The van der Waals surface area contributed by atoms with Crippen LogP contribution >= 0.6 is 0 Å². The normalized spacial score (nSPS) is 25.9. The van der Waals surface area contributed by atoms with Crippen LogP contribution in [0, 0.1) is 15.5 Å². The standard InChI is InChI=1S/C21H28F3N5O3/c1-28(13-19(14-32-2)8-4-3-5-9-19)17-11-16(15-7-6-10-26-12-15)27-18(25)20(17,29(30)31)21(22,23)24/h6-7,10-12,17H,3-5,8-9,13-14H2,1-2H3,(H2,25,27). The first-order valence-electron chi connectivity index (χ1n) is 10.4. The Kier molecular flexibility index (Phi) is 6.89. The molecular weight excluding hydrogens is 427 g/mol. The molecule has 2 atom stereocenters. The summed E-state index contributed by atoms with van der Waals surface area (Å²) in [6.07, 6.45) is 3.33. The van der Waals surface area contributed by atoms with Crippen LogP contribution in [0.4, 0.5) is 13.2 Å². The van der Waals surface area contributed by atoms with Gasteiger partial charge in [0.2, 0.25) is 0 Å². The number of ether oxygens (including phenoxy) is 1. The lowest BCUT2D eigenvalue weighted by molar-refractivity contribution is -0.595. The van der Waals surface area contributed by atoms with Crippen molar-refractivity contribution in [3.8, 4) is 0 Å². The number of nitro groups is 1. The van der Waals surface area contributed by atoms with E-state index in [1.165, 1.54) is 30.4 Å². The molecule has 1 saturated carbocycles. The maximum Gasteiger partial charge on any atom is 0.470 e. The molecule has 1 aromatic rings. The van der Waals surface area contributed by atoms with Crippen molar-refractivity contribution < 1.29 is 22.8 Å². The van der Waals surface area contributed by atoms with Gasteiger partial charge in [0, 0.05) is 41.9 Å². The van der Waals surface area contributed by atoms with Gasteiger partial charge >= 0.3 is 11.7 Å². The highest BCUT2D eigenvalue weighted by atomic mass is 19.4. The van der Waals surface area contributed by atoms with Gasteiger partial charge in [-0.15, -0.1) is 0 Å². The molecule has 2 N–H and O–H groups in total. The van der Waals surface area contributed by atoms with Gasteiger partial charge in [0.25, 0.3) is 0 Å². The number of hydrogen-bond acceptors (Lipinski definition) is 7. The van der Waals surface area contributed by atoms with Crippen molar-refractivity contribution in [2.45, 2.75) is 49.9 Å². The Balaban J connectivity index is 2.10. The first-order chi connectivity index (χ1) is 15.1. The number of hydrogen-bond donors (Lipinski definition) is 1. The highest BCUT2D eigenvalue weighted by Gasteiger charge is 2.75. The molecule has 1 aromatic heterocycles. The summed E-state index contributed by atoms with van der Waals surface area (Å²) in [4.78, 5) is 19.9. The van der Waals surface area contributed by atoms with Crippen molar-refractivity contribution in [3.63, 3.8) is 0 Å². The van der Waals surface area contributed by atoms with Gasteiger partial charge in [-0.3, -0.25) is 20.0 Å². The molecule has 176 valence electrons. The number of amidine groups is 1. The van der Waals surface area contributed by atoms with Crippen molar-refractivity contribution in [2.24, 2.45) is 16.1 Å². The topological polar surface area (TPSA) is 107 Å². The van der Waals surface area contributed by atoms with E-state index in [-0.39, 0.29) is 17.7 Å². The van der Waals surface area contributed by atoms with E-state index in [2.05, 4.69) is 9.98 Å². The van der Waals surface area contributed by atoms with Gasteiger partial charge in [-0.1, -0.05) is 19.3 Å². The molecule has 8 nitrogen and oxygen atoms in total. The number of methoxy groups -OCH3 is 1. The zero-order valence-electron chi connectivity index (χ0n) is 18.1. The molecule has 2 heterocycles. The Labute approximate surface area is 184 Å². The molecular formula is C21H28F3N5O3. The van der Waals surface area contributed by atoms with Crippen LogP contribution in [0.15, 0.2) is 35.6 Å². The number of pyridine rings is 1. The summed E-state index contributed by atoms with van der Waals surface area (Å²) < 4.78 is 48.5. The minimum atomic E-state index is -5.26. The number of aromatic nitrogens is 1. The molecule has 1 aliphatic carbocycles. The predicted molar refractivity (Wildman–Crippen MR) is 113 cm³/mol. The predicted octanol–water partition coefficient (Wildman–Crippen LogP) is 3.27. The second-order valence-corrected chi connectivity index (χ2v) is 8.67. The van der Waals surface area contributed by atoms with E-state index < -0.39 is 28.5 Å². The Morgan fingerprint density at radius 2 is 2.03 bits per heavy atom. The first-order valence-corrected chi connectivity index (χ1v) is 10.4. The fourth-order valence-corrected chi connectivity index (χ4v) is 5.00. The van der Waals surface area contributed by atoms with Crippen LogP contribution in [0.1, 0.15) is 37.7 Å². The highest BCUT2D eigenvalue weighted by molar-refractivity contribution is 5.97. The summed E-state index contributed by atoms with van der Waals surface area (Å²) in [6.45, 7) is 0.561. The number of rotatable bonds is 7.